The third-order valence-corrected chi connectivity index (χ3v) is 12.5. The molecule has 1 saturated heterocycles. The number of alkyl carbamates (subject to hydrolysis) is 2. The van der Waals surface area contributed by atoms with Gasteiger partial charge in [-0.2, -0.15) is 4.31 Å². The smallest absolute Gasteiger partial charge is 0.407 e. The molecule has 0 radical (unpaired) electrons. The lowest BCUT2D eigenvalue weighted by Crippen LogP contribution is -2.50. The van der Waals surface area contributed by atoms with Gasteiger partial charge in [0.1, 0.15) is 11.2 Å². The summed E-state index contributed by atoms with van der Waals surface area (Å²) in [5, 5.41) is 9.14. The van der Waals surface area contributed by atoms with Crippen LogP contribution in [-0.2, 0) is 29.5 Å². The van der Waals surface area contributed by atoms with E-state index in [2.05, 4.69) is 16.0 Å². The van der Waals surface area contributed by atoms with Crippen molar-refractivity contribution >= 4 is 84.1 Å². The number of nitrogens with zero attached hydrogens (tertiary/aromatic N) is 4. The van der Waals surface area contributed by atoms with Crippen LogP contribution < -0.4 is 30.1 Å². The normalized spacial score (nSPS) is 14.1. The van der Waals surface area contributed by atoms with Crippen LogP contribution in [0.15, 0.2) is 65.6 Å². The van der Waals surface area contributed by atoms with E-state index in [1.807, 2.05) is 4.90 Å². The summed E-state index contributed by atoms with van der Waals surface area (Å²) in [7, 11) is -4.71. The maximum atomic E-state index is 14.0. The number of piperazine rings is 1. The second kappa shape index (κ2) is 18.8. The molecule has 16 nitrogen and oxygen atoms in total. The van der Waals surface area contributed by atoms with E-state index < -0.39 is 55.4 Å². The first kappa shape index (κ1) is 47.2. The Kier molecular flexibility index (Phi) is 15.1. The zero-order valence-corrected chi connectivity index (χ0v) is 37.8. The molecule has 3 N–H and O–H groups in total. The summed E-state index contributed by atoms with van der Waals surface area (Å²) in [6, 6.07) is 14.8. The number of hydrogen-bond donors (Lipinski definition) is 3. The number of halogens is 2. The van der Waals surface area contributed by atoms with Gasteiger partial charge in [-0.1, -0.05) is 23.2 Å². The van der Waals surface area contributed by atoms with Crippen LogP contribution in [0.3, 0.4) is 0 Å². The molecule has 3 amide bonds. The van der Waals surface area contributed by atoms with E-state index in [-0.39, 0.29) is 48.0 Å². The molecule has 1 heterocycles. The van der Waals surface area contributed by atoms with Crippen LogP contribution in [0.1, 0.15) is 51.9 Å². The Morgan fingerprint density at radius 3 is 1.75 bits per heavy atom. The highest BCUT2D eigenvalue weighted by atomic mass is 35.5. The number of likely N-dealkylation sites (N-methyl/N-ethyl adjacent to an activating group) is 1. The van der Waals surface area contributed by atoms with Crippen molar-refractivity contribution in [3.8, 4) is 0 Å². The molecule has 1 aliphatic heterocycles. The lowest BCUT2D eigenvalue weighted by Gasteiger charge is -2.35. The van der Waals surface area contributed by atoms with Gasteiger partial charge < -0.3 is 35.2 Å². The summed E-state index contributed by atoms with van der Waals surface area (Å²) in [6.07, 6.45) is -0.361. The second-order valence-electron chi connectivity index (χ2n) is 16.0. The largest absolute Gasteiger partial charge is 0.444 e. The SMILES string of the molecule is CN(c1ccc(N(C)S(C)(=O)=O)c(C(=O)Nc2ccc(S(=O)(=O)N3CCN(c4cc(Cl)cc(Cl)c4)CC3)cc2)c1)C(CNC(=O)OC(C)(C)C)CNC(=O)OC(C)(C)C. The molecule has 1 aliphatic rings. The summed E-state index contributed by atoms with van der Waals surface area (Å²) >= 11 is 12.3. The first-order valence-electron chi connectivity index (χ1n) is 18.6. The number of sulfonamides is 2. The fraction of sp³-hybridized carbons (Fsp3) is 0.462. The average molecular weight is 899 g/mol. The maximum Gasteiger partial charge on any atom is 0.407 e. The van der Waals surface area contributed by atoms with Crippen LogP contribution in [0, 0.1) is 0 Å². The van der Waals surface area contributed by atoms with Gasteiger partial charge in [-0.3, -0.25) is 9.10 Å². The quantitative estimate of drug-likeness (QED) is 0.183. The number of amides is 3. The number of carbonyl (C=O) groups is 3. The molecule has 3 aromatic carbocycles. The number of benzene rings is 3. The molecule has 59 heavy (non-hydrogen) atoms. The Labute approximate surface area is 357 Å². The summed E-state index contributed by atoms with van der Waals surface area (Å²) in [6.45, 7) is 11.6. The van der Waals surface area contributed by atoms with Crippen molar-refractivity contribution in [3.63, 3.8) is 0 Å². The number of nitrogens with one attached hydrogen (secondary N) is 3. The van der Waals surface area contributed by atoms with Crippen LogP contribution in [0.2, 0.25) is 10.0 Å². The minimum Gasteiger partial charge on any atom is -0.444 e. The van der Waals surface area contributed by atoms with Gasteiger partial charge in [-0.15, -0.1) is 0 Å². The van der Waals surface area contributed by atoms with E-state index in [1.165, 1.54) is 47.8 Å². The highest BCUT2D eigenvalue weighted by molar-refractivity contribution is 7.92. The summed E-state index contributed by atoms with van der Waals surface area (Å²) in [5.41, 5.74) is -0.000629. The first-order valence-corrected chi connectivity index (χ1v) is 22.6. The van der Waals surface area contributed by atoms with E-state index in [4.69, 9.17) is 32.7 Å². The predicted molar refractivity (Wildman–Crippen MR) is 232 cm³/mol. The minimum absolute atomic E-state index is 0.00452. The fourth-order valence-corrected chi connectivity index (χ4v) is 8.39. The Morgan fingerprint density at radius 1 is 0.763 bits per heavy atom. The van der Waals surface area contributed by atoms with E-state index in [0.717, 1.165) is 16.2 Å². The second-order valence-corrected chi connectivity index (χ2v) is 20.8. The van der Waals surface area contributed by atoms with Crippen molar-refractivity contribution in [1.29, 1.82) is 0 Å². The van der Waals surface area contributed by atoms with Crippen LogP contribution in [0.5, 0.6) is 0 Å². The van der Waals surface area contributed by atoms with Crippen molar-refractivity contribution in [2.24, 2.45) is 0 Å². The Bertz CT molecular complexity index is 2170. The Hall–Kier alpha value is -4.49. The molecular formula is C39H53Cl2N7O9S2. The van der Waals surface area contributed by atoms with E-state index >= 15 is 0 Å². The molecule has 324 valence electrons. The molecule has 0 aliphatic carbocycles. The zero-order chi connectivity index (χ0) is 44.1. The van der Waals surface area contributed by atoms with Crippen molar-refractivity contribution in [1.82, 2.24) is 14.9 Å². The molecular weight excluding hydrogens is 846 g/mol. The van der Waals surface area contributed by atoms with Crippen molar-refractivity contribution in [2.75, 3.05) is 79.0 Å². The molecule has 1 fully saturated rings. The fourth-order valence-electron chi connectivity index (χ4n) is 5.93. The van der Waals surface area contributed by atoms with Gasteiger partial charge in [0.05, 0.1) is 28.4 Å². The van der Waals surface area contributed by atoms with Gasteiger partial charge in [-0.25, -0.2) is 26.4 Å². The lowest BCUT2D eigenvalue weighted by molar-refractivity contribution is 0.0518. The van der Waals surface area contributed by atoms with E-state index in [1.54, 1.807) is 77.8 Å². The third-order valence-electron chi connectivity index (χ3n) is 8.98. The number of carbonyl (C=O) groups excluding carboxylic acids is 3. The maximum absolute atomic E-state index is 14.0. The molecule has 0 saturated carbocycles. The Balaban J connectivity index is 1.56. The van der Waals surface area contributed by atoms with Crippen LogP contribution in [0.25, 0.3) is 0 Å². The van der Waals surface area contributed by atoms with Crippen molar-refractivity contribution in [3.05, 3.63) is 76.3 Å². The average Bonchev–Trinajstić information content (AvgIpc) is 3.12. The minimum atomic E-state index is -3.88. The molecule has 4 rings (SSSR count). The molecule has 0 atom stereocenters. The number of ether oxygens (including phenoxy) is 2. The standard InChI is InChI=1S/C39H53Cl2N7O9S2/c1-38(2,3)56-36(50)42-24-31(25-43-37(51)57-39(4,5)6)45(7)29-12-15-34(46(8)58(9,52)53)33(23-29)35(49)44-28-10-13-32(14-11-28)59(54,55)48-18-16-47(17-19-48)30-21-26(40)20-27(41)22-30/h10-15,20-23,31H,16-19,24-25H2,1-9H3,(H,42,50)(H,43,51)(H,44,49). The zero-order valence-electron chi connectivity index (χ0n) is 34.6. The topological polar surface area (TPSA) is 187 Å². The summed E-state index contributed by atoms with van der Waals surface area (Å²) < 4.78 is 65.7. The molecule has 3 aromatic rings. The van der Waals surface area contributed by atoms with Gasteiger partial charge in [0.25, 0.3) is 5.91 Å². The highest BCUT2D eigenvalue weighted by Gasteiger charge is 2.30. The number of hydrogen-bond acceptors (Lipinski definition) is 11. The van der Waals surface area contributed by atoms with Crippen LogP contribution in [0.4, 0.5) is 32.3 Å². The van der Waals surface area contributed by atoms with Crippen molar-refractivity contribution < 1.29 is 40.7 Å². The molecule has 0 spiro atoms. The first-order chi connectivity index (χ1) is 27.2. The van der Waals surface area contributed by atoms with Gasteiger partial charge in [0.15, 0.2) is 0 Å². The predicted octanol–water partition coefficient (Wildman–Crippen LogP) is 6.01. The highest BCUT2D eigenvalue weighted by Crippen LogP contribution is 2.30. The molecule has 0 aromatic heterocycles. The van der Waals surface area contributed by atoms with Gasteiger partial charge in [-0.05, 0) is 102 Å². The van der Waals surface area contributed by atoms with Gasteiger partial charge in [0.2, 0.25) is 20.0 Å². The lowest BCUT2D eigenvalue weighted by atomic mass is 10.1. The molecule has 0 bridgehead atoms. The number of anilines is 4. The molecule has 0 unspecified atom stereocenters. The third kappa shape index (κ3) is 13.5. The summed E-state index contributed by atoms with van der Waals surface area (Å²) in [5.74, 6) is -0.686. The molecule has 20 heteroatoms. The monoisotopic (exact) mass is 897 g/mol. The van der Waals surface area contributed by atoms with Crippen molar-refractivity contribution in [2.45, 2.75) is 63.7 Å². The Morgan fingerprint density at radius 2 is 1.27 bits per heavy atom. The van der Waals surface area contributed by atoms with Crippen LogP contribution >= 0.6 is 23.2 Å². The van der Waals surface area contributed by atoms with Crippen LogP contribution in [-0.4, -0.2) is 116 Å². The van der Waals surface area contributed by atoms with Gasteiger partial charge >= 0.3 is 12.2 Å². The van der Waals surface area contributed by atoms with Gasteiger partial charge in [0, 0.05) is 80.5 Å². The van der Waals surface area contributed by atoms with E-state index in [9.17, 15) is 31.2 Å². The van der Waals surface area contributed by atoms with E-state index in [0.29, 0.717) is 28.8 Å². The summed E-state index contributed by atoms with van der Waals surface area (Å²) in [4.78, 5) is 42.9. The number of rotatable bonds is 13.